The van der Waals surface area contributed by atoms with E-state index in [-0.39, 0.29) is 12.5 Å². The van der Waals surface area contributed by atoms with E-state index in [2.05, 4.69) is 26.0 Å². The highest BCUT2D eigenvalue weighted by atomic mass is 16.2. The number of pyridine rings is 1. The van der Waals surface area contributed by atoms with Gasteiger partial charge in [-0.3, -0.25) is 9.48 Å². The molecule has 0 aromatic carbocycles. The zero-order valence-electron chi connectivity index (χ0n) is 18.1. The van der Waals surface area contributed by atoms with Crippen molar-refractivity contribution in [2.45, 2.75) is 27.3 Å². The number of amides is 1. The van der Waals surface area contributed by atoms with Crippen LogP contribution in [-0.2, 0) is 11.3 Å². The summed E-state index contributed by atoms with van der Waals surface area (Å²) in [6, 6.07) is 3.63. The Morgan fingerprint density at radius 2 is 2.00 bits per heavy atom. The number of hydrogen-bond donors (Lipinski definition) is 5. The Morgan fingerprint density at radius 3 is 2.53 bits per heavy atom. The number of hydrogen-bond acceptors (Lipinski definition) is 7. The maximum Gasteiger partial charge on any atom is 0.247 e. The molecule has 2 aromatic rings. The van der Waals surface area contributed by atoms with Crippen molar-refractivity contribution in [2.24, 2.45) is 11.5 Å². The Balaban J connectivity index is 2.15. The van der Waals surface area contributed by atoms with E-state index in [0.29, 0.717) is 11.5 Å². The minimum atomic E-state index is -0.226. The Labute approximate surface area is 176 Å². The third-order valence-corrected chi connectivity index (χ3v) is 4.43. The molecule has 0 radical (unpaired) electrons. The van der Waals surface area contributed by atoms with Crippen LogP contribution in [0.1, 0.15) is 29.4 Å². The van der Waals surface area contributed by atoms with Gasteiger partial charge in [0, 0.05) is 60.8 Å². The van der Waals surface area contributed by atoms with Gasteiger partial charge in [-0.05, 0) is 39.0 Å². The second-order valence-electron chi connectivity index (χ2n) is 6.79. The Kier molecular flexibility index (Phi) is 7.62. The summed E-state index contributed by atoms with van der Waals surface area (Å²) in [5.41, 5.74) is 17.2. The van der Waals surface area contributed by atoms with Gasteiger partial charge in [0.25, 0.3) is 0 Å². The predicted molar refractivity (Wildman–Crippen MR) is 121 cm³/mol. The van der Waals surface area contributed by atoms with E-state index in [0.717, 1.165) is 33.8 Å². The zero-order chi connectivity index (χ0) is 22.3. The summed E-state index contributed by atoms with van der Waals surface area (Å²) in [4.78, 5) is 16.8. The number of carbonyl (C=O) groups excluding carboxylic acids is 1. The van der Waals surface area contributed by atoms with Crippen molar-refractivity contribution in [2.75, 3.05) is 19.4 Å². The van der Waals surface area contributed by atoms with Gasteiger partial charge in [-0.2, -0.15) is 5.10 Å². The third-order valence-electron chi connectivity index (χ3n) is 4.43. The number of rotatable bonds is 8. The van der Waals surface area contributed by atoms with Crippen LogP contribution in [0.3, 0.4) is 0 Å². The van der Waals surface area contributed by atoms with Crippen molar-refractivity contribution in [3.05, 3.63) is 65.0 Å². The van der Waals surface area contributed by atoms with Crippen molar-refractivity contribution in [1.29, 1.82) is 0 Å². The Hall–Kier alpha value is -3.75. The SMILES string of the molecule is CN/C=C(\NC)c1ccc(NC(=O)Cn2nc(C)c(C(/C=C(/C)N)=C/N)c2C)nc1. The highest BCUT2D eigenvalue weighted by molar-refractivity contribution is 5.90. The normalized spacial score (nSPS) is 12.6. The molecule has 2 rings (SSSR count). The van der Waals surface area contributed by atoms with Crippen molar-refractivity contribution >= 4 is 23.0 Å². The van der Waals surface area contributed by atoms with Gasteiger partial charge in [0.1, 0.15) is 12.4 Å². The molecule has 0 spiro atoms. The van der Waals surface area contributed by atoms with Crippen LogP contribution in [0, 0.1) is 13.8 Å². The smallest absolute Gasteiger partial charge is 0.247 e. The molecule has 160 valence electrons. The fourth-order valence-corrected chi connectivity index (χ4v) is 3.11. The summed E-state index contributed by atoms with van der Waals surface area (Å²) in [7, 11) is 3.65. The molecular weight excluding hydrogens is 380 g/mol. The molecule has 2 heterocycles. The Bertz CT molecular complexity index is 979. The number of anilines is 1. The number of aromatic nitrogens is 3. The first-order valence-corrected chi connectivity index (χ1v) is 9.52. The van der Waals surface area contributed by atoms with E-state index in [4.69, 9.17) is 11.5 Å². The number of nitrogens with two attached hydrogens (primary N) is 2. The lowest BCUT2D eigenvalue weighted by Gasteiger charge is -2.09. The number of carbonyl (C=O) groups is 1. The van der Waals surface area contributed by atoms with Crippen LogP contribution < -0.4 is 27.4 Å². The molecule has 0 fully saturated rings. The van der Waals surface area contributed by atoms with Crippen molar-refractivity contribution < 1.29 is 4.79 Å². The third kappa shape index (κ3) is 5.40. The standard InChI is InChI=1S/C21H30N8O/c1-13(23)8-17(9-22)21-14(2)28-29(15(21)3)12-20(30)27-19-7-6-16(10-26-19)18(25-5)11-24-4/h6-11,24-25H,12,22-23H2,1-5H3,(H,26,27,30)/b13-8-,17-9+,18-11-. The monoisotopic (exact) mass is 410 g/mol. The minimum Gasteiger partial charge on any atom is -0.404 e. The highest BCUT2D eigenvalue weighted by Crippen LogP contribution is 2.24. The second kappa shape index (κ2) is 10.1. The van der Waals surface area contributed by atoms with Crippen molar-refractivity contribution in [3.8, 4) is 0 Å². The molecule has 7 N–H and O–H groups in total. The van der Waals surface area contributed by atoms with Gasteiger partial charge in [0.2, 0.25) is 5.91 Å². The molecule has 1 amide bonds. The van der Waals surface area contributed by atoms with Crippen LogP contribution in [0.25, 0.3) is 11.3 Å². The van der Waals surface area contributed by atoms with E-state index in [1.807, 2.05) is 40.2 Å². The summed E-state index contributed by atoms with van der Waals surface area (Å²) in [5.74, 6) is 0.241. The molecule has 0 saturated carbocycles. The first kappa shape index (κ1) is 22.5. The number of allylic oxidation sites excluding steroid dienone is 3. The van der Waals surface area contributed by atoms with Crippen LogP contribution in [0.5, 0.6) is 0 Å². The first-order chi connectivity index (χ1) is 14.3. The lowest BCUT2D eigenvalue weighted by Crippen LogP contribution is -2.21. The van der Waals surface area contributed by atoms with Crippen molar-refractivity contribution in [3.63, 3.8) is 0 Å². The predicted octanol–water partition coefficient (Wildman–Crippen LogP) is 1.43. The summed E-state index contributed by atoms with van der Waals surface area (Å²) >= 11 is 0. The summed E-state index contributed by atoms with van der Waals surface area (Å²) in [6.45, 7) is 5.61. The quantitative estimate of drug-likeness (QED) is 0.415. The summed E-state index contributed by atoms with van der Waals surface area (Å²) in [5, 5.41) is 13.3. The van der Waals surface area contributed by atoms with Crippen LogP contribution in [0.2, 0.25) is 0 Å². The summed E-state index contributed by atoms with van der Waals surface area (Å²) in [6.07, 6.45) is 6.80. The van der Waals surface area contributed by atoms with Crippen LogP contribution in [-0.4, -0.2) is 34.8 Å². The average molecular weight is 411 g/mol. The Morgan fingerprint density at radius 1 is 1.27 bits per heavy atom. The highest BCUT2D eigenvalue weighted by Gasteiger charge is 2.16. The number of aryl methyl sites for hydroxylation is 1. The maximum atomic E-state index is 12.5. The van der Waals surface area contributed by atoms with Crippen LogP contribution in [0.15, 0.2) is 42.5 Å². The van der Waals surface area contributed by atoms with Crippen LogP contribution in [0.4, 0.5) is 5.82 Å². The maximum absolute atomic E-state index is 12.5. The molecule has 0 atom stereocenters. The number of nitrogens with zero attached hydrogens (tertiary/aromatic N) is 3. The summed E-state index contributed by atoms with van der Waals surface area (Å²) < 4.78 is 1.65. The van der Waals surface area contributed by atoms with Gasteiger partial charge in [-0.25, -0.2) is 4.98 Å². The lowest BCUT2D eigenvalue weighted by molar-refractivity contribution is -0.117. The lowest BCUT2D eigenvalue weighted by atomic mass is 10.0. The zero-order valence-corrected chi connectivity index (χ0v) is 18.1. The molecule has 30 heavy (non-hydrogen) atoms. The van der Waals surface area contributed by atoms with Gasteiger partial charge < -0.3 is 27.4 Å². The van der Waals surface area contributed by atoms with E-state index < -0.39 is 0 Å². The van der Waals surface area contributed by atoms with E-state index in [1.54, 1.807) is 29.9 Å². The average Bonchev–Trinajstić information content (AvgIpc) is 2.97. The molecule has 0 saturated heterocycles. The van der Waals surface area contributed by atoms with E-state index in [9.17, 15) is 4.79 Å². The molecule has 0 aliphatic rings. The molecule has 0 unspecified atom stereocenters. The van der Waals surface area contributed by atoms with E-state index >= 15 is 0 Å². The first-order valence-electron chi connectivity index (χ1n) is 9.52. The largest absolute Gasteiger partial charge is 0.404 e. The number of nitrogens with one attached hydrogen (secondary N) is 3. The van der Waals surface area contributed by atoms with Gasteiger partial charge in [0.05, 0.1) is 11.4 Å². The molecule has 2 aromatic heterocycles. The molecular formula is C21H30N8O. The second-order valence-corrected chi connectivity index (χ2v) is 6.79. The molecule has 0 bridgehead atoms. The van der Waals surface area contributed by atoms with E-state index in [1.165, 1.54) is 6.20 Å². The minimum absolute atomic E-state index is 0.0563. The van der Waals surface area contributed by atoms with Gasteiger partial charge in [-0.1, -0.05) is 0 Å². The topological polar surface area (TPSA) is 136 Å². The molecule has 0 aliphatic heterocycles. The fourth-order valence-electron chi connectivity index (χ4n) is 3.11. The van der Waals surface area contributed by atoms with Crippen LogP contribution >= 0.6 is 0 Å². The van der Waals surface area contributed by atoms with Gasteiger partial charge >= 0.3 is 0 Å². The van der Waals surface area contributed by atoms with Gasteiger partial charge in [0.15, 0.2) is 0 Å². The molecule has 0 aliphatic carbocycles. The fraction of sp³-hybridized carbons (Fsp3) is 0.286. The van der Waals surface area contributed by atoms with Crippen molar-refractivity contribution in [1.82, 2.24) is 25.4 Å². The molecule has 9 heteroatoms. The van der Waals surface area contributed by atoms with Gasteiger partial charge in [-0.15, -0.1) is 0 Å². The molecule has 9 nitrogen and oxygen atoms in total.